The number of hydrogen-bond acceptors (Lipinski definition) is 3. The zero-order valence-electron chi connectivity index (χ0n) is 7.59. The van der Waals surface area contributed by atoms with Gasteiger partial charge in [0.15, 0.2) is 0 Å². The molecule has 0 amide bonds. The number of aromatic nitrogens is 1. The van der Waals surface area contributed by atoms with Crippen molar-refractivity contribution in [1.82, 2.24) is 4.98 Å². The first-order valence-electron chi connectivity index (χ1n) is 3.98. The molecule has 74 valence electrons. The molecule has 0 atom stereocenters. The van der Waals surface area contributed by atoms with Gasteiger partial charge in [0.2, 0.25) is 0 Å². The van der Waals surface area contributed by atoms with Gasteiger partial charge in [-0.05, 0) is 12.5 Å². The first-order chi connectivity index (χ1) is 6.61. The fourth-order valence-electron chi connectivity index (χ4n) is 1.21. The maximum atomic E-state index is 12.4. The minimum Gasteiger partial charge on any atom is -0.326 e. The van der Waals surface area contributed by atoms with Gasteiger partial charge in [0.1, 0.15) is 5.69 Å². The molecule has 0 saturated carbocycles. The molecule has 1 aromatic heterocycles. The molecule has 3 nitrogen and oxygen atoms in total. The van der Waals surface area contributed by atoms with Gasteiger partial charge in [-0.1, -0.05) is 0 Å². The summed E-state index contributed by atoms with van der Waals surface area (Å²) in [6.45, 7) is 1.58. The predicted molar refractivity (Wildman–Crippen MR) is 46.5 cm³/mol. The fraction of sp³-hybridized carbons (Fsp3) is 0.333. The smallest absolute Gasteiger partial charge is 0.280 e. The highest BCUT2D eigenvalue weighted by Gasteiger charge is 2.16. The molecule has 0 aliphatic carbocycles. The van der Waals surface area contributed by atoms with Gasteiger partial charge in [-0.2, -0.15) is 5.26 Å². The van der Waals surface area contributed by atoms with Crippen molar-refractivity contribution in [1.29, 1.82) is 5.26 Å². The van der Waals surface area contributed by atoms with Crippen molar-refractivity contribution < 1.29 is 8.78 Å². The molecule has 0 radical (unpaired) electrons. The lowest BCUT2D eigenvalue weighted by molar-refractivity contribution is 0.145. The molecule has 0 bridgehead atoms. The Balaban J connectivity index is 3.37. The van der Waals surface area contributed by atoms with Gasteiger partial charge in [0.05, 0.1) is 11.6 Å². The van der Waals surface area contributed by atoms with E-state index in [1.54, 1.807) is 0 Å². The third-order valence-corrected chi connectivity index (χ3v) is 1.98. The van der Waals surface area contributed by atoms with Gasteiger partial charge in [-0.3, -0.25) is 4.98 Å². The Morgan fingerprint density at radius 1 is 1.64 bits per heavy atom. The molecule has 0 aliphatic rings. The topological polar surface area (TPSA) is 62.7 Å². The summed E-state index contributed by atoms with van der Waals surface area (Å²) >= 11 is 0. The summed E-state index contributed by atoms with van der Waals surface area (Å²) in [5.74, 6) is 0. The highest BCUT2D eigenvalue weighted by Crippen LogP contribution is 2.23. The van der Waals surface area contributed by atoms with Crippen LogP contribution in [0, 0.1) is 18.3 Å². The second-order valence-corrected chi connectivity index (χ2v) is 2.79. The summed E-state index contributed by atoms with van der Waals surface area (Å²) in [4.78, 5) is 3.58. The largest absolute Gasteiger partial charge is 0.326 e. The van der Waals surface area contributed by atoms with E-state index in [-0.39, 0.29) is 23.4 Å². The van der Waals surface area contributed by atoms with Crippen LogP contribution >= 0.6 is 0 Å². The van der Waals surface area contributed by atoms with Crippen LogP contribution in [-0.2, 0) is 6.54 Å². The lowest BCUT2D eigenvalue weighted by atomic mass is 10.0. The first kappa shape index (κ1) is 10.5. The standard InChI is InChI=1S/C9H9F2N3/c1-5-7(3-13)6(2-12)4-14-8(5)9(10)11/h4,9H,2,12H2,1H3. The Labute approximate surface area is 80.2 Å². The van der Waals surface area contributed by atoms with Crippen LogP contribution in [0.2, 0.25) is 0 Å². The van der Waals surface area contributed by atoms with Crippen LogP contribution < -0.4 is 5.73 Å². The molecule has 0 unspecified atom stereocenters. The van der Waals surface area contributed by atoms with E-state index in [2.05, 4.69) is 4.98 Å². The quantitative estimate of drug-likeness (QED) is 0.784. The van der Waals surface area contributed by atoms with Crippen LogP contribution in [0.15, 0.2) is 6.20 Å². The number of pyridine rings is 1. The summed E-state index contributed by atoms with van der Waals surface area (Å²) in [7, 11) is 0. The second kappa shape index (κ2) is 4.11. The summed E-state index contributed by atoms with van der Waals surface area (Å²) < 4.78 is 24.8. The van der Waals surface area contributed by atoms with Crippen LogP contribution in [0.5, 0.6) is 0 Å². The molecule has 5 heteroatoms. The van der Waals surface area contributed by atoms with Crippen molar-refractivity contribution in [3.05, 3.63) is 28.6 Å². The van der Waals surface area contributed by atoms with Gasteiger partial charge in [0, 0.05) is 18.3 Å². The molecule has 0 spiro atoms. The number of hydrogen-bond donors (Lipinski definition) is 1. The predicted octanol–water partition coefficient (Wildman–Crippen LogP) is 1.66. The van der Waals surface area contributed by atoms with Gasteiger partial charge >= 0.3 is 0 Å². The van der Waals surface area contributed by atoms with Gasteiger partial charge in [-0.15, -0.1) is 0 Å². The van der Waals surface area contributed by atoms with Crippen molar-refractivity contribution in [3.8, 4) is 6.07 Å². The normalized spacial score (nSPS) is 10.3. The molecule has 1 rings (SSSR count). The number of nitriles is 1. The van der Waals surface area contributed by atoms with E-state index in [1.165, 1.54) is 13.1 Å². The van der Waals surface area contributed by atoms with E-state index < -0.39 is 6.43 Å². The monoisotopic (exact) mass is 197 g/mol. The summed E-state index contributed by atoms with van der Waals surface area (Å²) in [6.07, 6.45) is -1.43. The molecule has 1 aromatic rings. The number of halogens is 2. The maximum absolute atomic E-state index is 12.4. The first-order valence-corrected chi connectivity index (χ1v) is 3.98. The molecule has 14 heavy (non-hydrogen) atoms. The minimum absolute atomic E-state index is 0.125. The summed E-state index contributed by atoms with van der Waals surface area (Å²) in [6, 6.07) is 1.86. The Bertz CT molecular complexity index is 382. The zero-order chi connectivity index (χ0) is 10.7. The average Bonchev–Trinajstić information content (AvgIpc) is 2.16. The Morgan fingerprint density at radius 3 is 2.71 bits per heavy atom. The molecular weight excluding hydrogens is 188 g/mol. The van der Waals surface area contributed by atoms with Crippen molar-refractivity contribution in [3.63, 3.8) is 0 Å². The van der Waals surface area contributed by atoms with E-state index in [4.69, 9.17) is 11.0 Å². The molecular formula is C9H9F2N3. The van der Waals surface area contributed by atoms with E-state index in [0.29, 0.717) is 5.56 Å². The third-order valence-electron chi connectivity index (χ3n) is 1.98. The zero-order valence-corrected chi connectivity index (χ0v) is 7.59. The van der Waals surface area contributed by atoms with E-state index in [0.717, 1.165) is 0 Å². The van der Waals surface area contributed by atoms with Crippen LogP contribution in [0.25, 0.3) is 0 Å². The minimum atomic E-state index is -2.66. The highest BCUT2D eigenvalue weighted by atomic mass is 19.3. The third kappa shape index (κ3) is 1.70. The van der Waals surface area contributed by atoms with Crippen molar-refractivity contribution in [2.75, 3.05) is 0 Å². The van der Waals surface area contributed by atoms with Crippen molar-refractivity contribution >= 4 is 0 Å². The van der Waals surface area contributed by atoms with E-state index in [1.807, 2.05) is 6.07 Å². The summed E-state index contributed by atoms with van der Waals surface area (Å²) in [5, 5.41) is 8.76. The lowest BCUT2D eigenvalue weighted by Crippen LogP contribution is -2.06. The molecule has 0 saturated heterocycles. The SMILES string of the molecule is Cc1c(C(F)F)ncc(CN)c1C#N. The molecule has 2 N–H and O–H groups in total. The summed E-state index contributed by atoms with van der Waals surface area (Å²) in [5.41, 5.74) is 5.91. The van der Waals surface area contributed by atoms with Crippen LogP contribution in [0.3, 0.4) is 0 Å². The molecule has 0 aromatic carbocycles. The van der Waals surface area contributed by atoms with Gasteiger partial charge in [-0.25, -0.2) is 8.78 Å². The molecule has 1 heterocycles. The van der Waals surface area contributed by atoms with Gasteiger partial charge in [0.25, 0.3) is 6.43 Å². The lowest BCUT2D eigenvalue weighted by Gasteiger charge is -2.08. The van der Waals surface area contributed by atoms with E-state index >= 15 is 0 Å². The number of alkyl halides is 2. The van der Waals surface area contributed by atoms with Crippen LogP contribution in [0.1, 0.15) is 28.8 Å². The number of nitrogens with zero attached hydrogens (tertiary/aromatic N) is 2. The van der Waals surface area contributed by atoms with E-state index in [9.17, 15) is 8.78 Å². The van der Waals surface area contributed by atoms with Crippen LogP contribution in [-0.4, -0.2) is 4.98 Å². The highest BCUT2D eigenvalue weighted by molar-refractivity contribution is 5.44. The Hall–Kier alpha value is -1.54. The molecule has 0 fully saturated rings. The Morgan fingerprint density at radius 2 is 2.29 bits per heavy atom. The number of rotatable bonds is 2. The maximum Gasteiger partial charge on any atom is 0.280 e. The van der Waals surface area contributed by atoms with Crippen molar-refractivity contribution in [2.45, 2.75) is 19.9 Å². The van der Waals surface area contributed by atoms with Gasteiger partial charge < -0.3 is 5.73 Å². The Kier molecular flexibility index (Phi) is 3.10. The average molecular weight is 197 g/mol. The second-order valence-electron chi connectivity index (χ2n) is 2.79. The number of nitrogens with two attached hydrogens (primary N) is 1. The fourth-order valence-corrected chi connectivity index (χ4v) is 1.21. The van der Waals surface area contributed by atoms with Crippen molar-refractivity contribution in [2.24, 2.45) is 5.73 Å². The van der Waals surface area contributed by atoms with Crippen LogP contribution in [0.4, 0.5) is 8.78 Å². The molecule has 0 aliphatic heterocycles.